The maximum Gasteiger partial charge on any atom is 0.326 e. The van der Waals surface area contributed by atoms with Crippen LogP contribution in [0.2, 0.25) is 0 Å². The molecule has 1 atom stereocenters. The predicted molar refractivity (Wildman–Crippen MR) is 36.5 cm³/mol. The van der Waals surface area contributed by atoms with Gasteiger partial charge in [-0.1, -0.05) is 0 Å². The van der Waals surface area contributed by atoms with Crippen molar-refractivity contribution in [1.82, 2.24) is 0 Å². The molecule has 0 saturated heterocycles. The molecule has 0 spiro atoms. The van der Waals surface area contributed by atoms with Crippen LogP contribution in [0.15, 0.2) is 10.2 Å². The Labute approximate surface area is 61.8 Å². The van der Waals surface area contributed by atoms with E-state index < -0.39 is 19.8 Å². The fraction of sp³-hybridized carbons (Fsp3) is 0.667. The Kier molecular flexibility index (Phi) is 1.78. The highest BCUT2D eigenvalue weighted by Crippen LogP contribution is 2.26. The Bertz CT molecular complexity index is 280. The van der Waals surface area contributed by atoms with Crippen molar-refractivity contribution in [2.45, 2.75) is 4.71 Å². The van der Waals surface area contributed by atoms with Crippen molar-refractivity contribution < 1.29 is 13.2 Å². The minimum absolute atomic E-state index is 0.546. The third-order valence-electron chi connectivity index (χ3n) is 0.802. The second-order valence-corrected chi connectivity index (χ2v) is 5.17. The molecule has 1 amide bonds. The molecule has 1 aliphatic heterocycles. The normalized spacial score (nSPS) is 25.7. The lowest BCUT2D eigenvalue weighted by Gasteiger charge is -1.96. The van der Waals surface area contributed by atoms with E-state index in [4.69, 9.17) is 0 Å². The molecule has 1 rings (SSSR count). The first-order valence-electron chi connectivity index (χ1n) is 2.30. The molecule has 7 heteroatoms. The molecule has 0 bridgehead atoms. The zero-order valence-corrected chi connectivity index (χ0v) is 6.65. The first kappa shape index (κ1) is 7.67. The lowest BCUT2D eigenvalue weighted by Crippen LogP contribution is -2.10. The van der Waals surface area contributed by atoms with Crippen molar-refractivity contribution in [3.63, 3.8) is 0 Å². The molecule has 0 fully saturated rings. The number of rotatable bonds is 1. The third-order valence-corrected chi connectivity index (χ3v) is 3.55. The van der Waals surface area contributed by atoms with E-state index in [1.807, 2.05) is 0 Å². The third kappa shape index (κ3) is 1.54. The van der Waals surface area contributed by atoms with Crippen LogP contribution in [0.4, 0.5) is 4.79 Å². The van der Waals surface area contributed by atoms with Gasteiger partial charge < -0.3 is 0 Å². The van der Waals surface area contributed by atoms with Gasteiger partial charge in [-0.3, -0.25) is 4.79 Å². The van der Waals surface area contributed by atoms with Gasteiger partial charge in [0.25, 0.3) is 0 Å². The molecule has 1 unspecified atom stereocenters. The van der Waals surface area contributed by atoms with Gasteiger partial charge >= 0.3 is 5.24 Å². The Hall–Kier alpha value is -0.430. The summed E-state index contributed by atoms with van der Waals surface area (Å²) in [5, 5.41) is 5.75. The molecule has 0 N–H and O–H groups in total. The Balaban J connectivity index is 2.83. The fourth-order valence-corrected chi connectivity index (χ4v) is 1.93. The van der Waals surface area contributed by atoms with Gasteiger partial charge in [0, 0.05) is 6.26 Å². The zero-order valence-electron chi connectivity index (χ0n) is 5.01. The van der Waals surface area contributed by atoms with E-state index in [-0.39, 0.29) is 0 Å². The van der Waals surface area contributed by atoms with Crippen LogP contribution in [0, 0.1) is 0 Å². The van der Waals surface area contributed by atoms with E-state index in [0.717, 1.165) is 6.26 Å². The van der Waals surface area contributed by atoms with E-state index in [0.29, 0.717) is 11.8 Å². The molecule has 10 heavy (non-hydrogen) atoms. The Morgan fingerprint density at radius 2 is 2.20 bits per heavy atom. The monoisotopic (exact) mass is 180 g/mol. The number of sulfone groups is 1. The van der Waals surface area contributed by atoms with E-state index in [1.54, 1.807) is 0 Å². The number of thioether (sulfide) groups is 1. The van der Waals surface area contributed by atoms with E-state index in [9.17, 15) is 13.2 Å². The van der Waals surface area contributed by atoms with Crippen molar-refractivity contribution in [3.05, 3.63) is 0 Å². The second kappa shape index (κ2) is 2.31. The van der Waals surface area contributed by atoms with Crippen LogP contribution in [0.25, 0.3) is 0 Å². The molecule has 5 nitrogen and oxygen atoms in total. The summed E-state index contributed by atoms with van der Waals surface area (Å²) in [5.74, 6) is 0. The zero-order chi connectivity index (χ0) is 7.78. The molecular formula is C3H4N2O3S2. The standard InChI is InChI=1S/C3H4N2O3S2/c1-10(7,8)3-5-4-2(6)9-3/h3H,1H3. The molecule has 0 aliphatic carbocycles. The summed E-state index contributed by atoms with van der Waals surface area (Å²) in [7, 11) is -3.25. The van der Waals surface area contributed by atoms with Crippen LogP contribution in [0.3, 0.4) is 0 Å². The van der Waals surface area contributed by atoms with Gasteiger partial charge in [-0.15, -0.1) is 5.11 Å². The lowest BCUT2D eigenvalue weighted by atomic mass is 11.4. The summed E-state index contributed by atoms with van der Waals surface area (Å²) in [5.41, 5.74) is 0. The smallest absolute Gasteiger partial charge is 0.258 e. The van der Waals surface area contributed by atoms with E-state index in [1.165, 1.54) is 0 Å². The van der Waals surface area contributed by atoms with E-state index >= 15 is 0 Å². The molecule has 1 aliphatic rings. The fourth-order valence-electron chi connectivity index (χ4n) is 0.401. The number of azo groups is 1. The molecule has 0 aromatic rings. The van der Waals surface area contributed by atoms with Crippen LogP contribution in [-0.4, -0.2) is 24.6 Å². The number of amides is 1. The summed E-state index contributed by atoms with van der Waals surface area (Å²) in [6, 6.07) is 0. The number of nitrogens with zero attached hydrogens (tertiary/aromatic N) is 2. The topological polar surface area (TPSA) is 75.9 Å². The highest BCUT2D eigenvalue weighted by molar-refractivity contribution is 8.22. The molecule has 0 radical (unpaired) electrons. The Morgan fingerprint density at radius 3 is 2.40 bits per heavy atom. The SMILES string of the molecule is CS(=O)(=O)C1N=NC(=O)S1. The molecule has 0 aromatic heterocycles. The highest BCUT2D eigenvalue weighted by Gasteiger charge is 2.29. The van der Waals surface area contributed by atoms with Gasteiger partial charge in [-0.05, 0) is 11.8 Å². The minimum Gasteiger partial charge on any atom is -0.258 e. The molecular weight excluding hydrogens is 176 g/mol. The van der Waals surface area contributed by atoms with Crippen molar-refractivity contribution >= 4 is 26.8 Å². The molecule has 0 saturated carbocycles. The number of carbonyl (C=O) groups is 1. The van der Waals surface area contributed by atoms with Gasteiger partial charge in [0.1, 0.15) is 0 Å². The summed E-state index contributed by atoms with van der Waals surface area (Å²) < 4.78 is 20.3. The minimum atomic E-state index is -3.25. The van der Waals surface area contributed by atoms with E-state index in [2.05, 4.69) is 10.2 Å². The first-order chi connectivity index (χ1) is 4.50. The van der Waals surface area contributed by atoms with Gasteiger partial charge in [0.2, 0.25) is 4.71 Å². The highest BCUT2D eigenvalue weighted by atomic mass is 32.3. The predicted octanol–water partition coefficient (Wildman–Crippen LogP) is 0.634. The van der Waals surface area contributed by atoms with Crippen LogP contribution in [0.1, 0.15) is 0 Å². The van der Waals surface area contributed by atoms with Crippen molar-refractivity contribution in [1.29, 1.82) is 0 Å². The first-order valence-corrected chi connectivity index (χ1v) is 5.14. The van der Waals surface area contributed by atoms with Crippen molar-refractivity contribution in [3.8, 4) is 0 Å². The number of hydrogen-bond donors (Lipinski definition) is 0. The largest absolute Gasteiger partial charge is 0.326 e. The average molecular weight is 180 g/mol. The summed E-state index contributed by atoms with van der Waals surface area (Å²) in [6.07, 6.45) is 1.02. The summed E-state index contributed by atoms with van der Waals surface area (Å²) >= 11 is 0.612. The second-order valence-electron chi connectivity index (χ2n) is 1.74. The average Bonchev–Trinajstić information content (AvgIpc) is 2.11. The van der Waals surface area contributed by atoms with Crippen LogP contribution in [0.5, 0.6) is 0 Å². The molecule has 56 valence electrons. The summed E-state index contributed by atoms with van der Waals surface area (Å²) in [4.78, 5) is 10.3. The van der Waals surface area contributed by atoms with Gasteiger partial charge in [-0.2, -0.15) is 5.11 Å². The van der Waals surface area contributed by atoms with Crippen LogP contribution in [-0.2, 0) is 9.84 Å². The maximum atomic E-state index is 10.7. The molecule has 0 aromatic carbocycles. The van der Waals surface area contributed by atoms with Crippen LogP contribution >= 0.6 is 11.8 Å². The molecule has 1 heterocycles. The number of carbonyl (C=O) groups excluding carboxylic acids is 1. The van der Waals surface area contributed by atoms with Gasteiger partial charge in [0.15, 0.2) is 9.84 Å². The van der Waals surface area contributed by atoms with Gasteiger partial charge in [-0.25, -0.2) is 8.42 Å². The maximum absolute atomic E-state index is 10.7. The van der Waals surface area contributed by atoms with Crippen molar-refractivity contribution in [2.75, 3.05) is 6.26 Å². The van der Waals surface area contributed by atoms with Gasteiger partial charge in [0.05, 0.1) is 0 Å². The Morgan fingerprint density at radius 1 is 1.60 bits per heavy atom. The number of hydrogen-bond acceptors (Lipinski definition) is 5. The lowest BCUT2D eigenvalue weighted by molar-refractivity contribution is 0.267. The van der Waals surface area contributed by atoms with Crippen LogP contribution < -0.4 is 0 Å². The summed E-state index contributed by atoms with van der Waals surface area (Å²) in [6.45, 7) is 0. The quantitative estimate of drug-likeness (QED) is 0.593. The van der Waals surface area contributed by atoms with Crippen molar-refractivity contribution in [2.24, 2.45) is 10.2 Å².